The van der Waals surface area contributed by atoms with E-state index in [2.05, 4.69) is 30.9 Å². The van der Waals surface area contributed by atoms with Crippen LogP contribution in [0.3, 0.4) is 0 Å². The molecule has 2 aromatic carbocycles. The number of nitrogens with zero attached hydrogens (tertiary/aromatic N) is 2. The summed E-state index contributed by atoms with van der Waals surface area (Å²) >= 11 is 3.34. The van der Waals surface area contributed by atoms with Crippen molar-refractivity contribution in [3.63, 3.8) is 0 Å². The average Bonchev–Trinajstić information content (AvgIpc) is 3.19. The topological polar surface area (TPSA) is 81.0 Å². The largest absolute Gasteiger partial charge is 0.506 e. The molecule has 0 bridgehead atoms. The Bertz CT molecular complexity index is 1180. The number of hydrogen-bond acceptors (Lipinski definition) is 6. The van der Waals surface area contributed by atoms with E-state index in [4.69, 9.17) is 4.74 Å². The monoisotopic (exact) mass is 484 g/mol. The summed E-state index contributed by atoms with van der Waals surface area (Å²) in [6.45, 7) is 1.82. The molecule has 1 aromatic heterocycles. The highest BCUT2D eigenvalue weighted by atomic mass is 79.9. The third kappa shape index (κ3) is 4.59. The Morgan fingerprint density at radius 1 is 1.23 bits per heavy atom. The minimum atomic E-state index is -0.548. The molecule has 6 nitrogen and oxygen atoms in total. The summed E-state index contributed by atoms with van der Waals surface area (Å²) in [6.07, 6.45) is 0.398. The molecule has 0 atom stereocenters. The number of carbonyl (C=O) groups excluding carboxylic acids is 1. The Morgan fingerprint density at radius 2 is 2.00 bits per heavy atom. The van der Waals surface area contributed by atoms with Crippen molar-refractivity contribution in [1.29, 1.82) is 0 Å². The molecule has 3 aromatic rings. The van der Waals surface area contributed by atoms with Crippen LogP contribution in [0.2, 0.25) is 0 Å². The number of oxime groups is 1. The molecule has 0 saturated heterocycles. The number of hydrogen-bond donors (Lipinski definition) is 1. The lowest BCUT2D eigenvalue weighted by Crippen LogP contribution is -2.12. The number of halogens is 2. The van der Waals surface area contributed by atoms with Gasteiger partial charge in [-0.3, -0.25) is 0 Å². The maximum absolute atomic E-state index is 14.9. The third-order valence-electron chi connectivity index (χ3n) is 4.85. The van der Waals surface area contributed by atoms with Gasteiger partial charge in [0.15, 0.2) is 11.6 Å². The van der Waals surface area contributed by atoms with Crippen LogP contribution in [0, 0.1) is 12.7 Å². The highest BCUT2D eigenvalue weighted by molar-refractivity contribution is 9.10. The van der Waals surface area contributed by atoms with E-state index in [0.717, 1.165) is 16.7 Å². The van der Waals surface area contributed by atoms with Gasteiger partial charge in [-0.2, -0.15) is 0 Å². The third-order valence-corrected chi connectivity index (χ3v) is 5.68. The second kappa shape index (κ2) is 8.85. The molecule has 1 N–H and O–H groups in total. The van der Waals surface area contributed by atoms with E-state index in [-0.39, 0.29) is 29.0 Å². The van der Waals surface area contributed by atoms with Crippen molar-refractivity contribution in [2.75, 3.05) is 6.61 Å². The van der Waals surface area contributed by atoms with Gasteiger partial charge in [0.25, 0.3) is 0 Å². The number of benzene rings is 2. The number of ether oxygens (including phenoxy) is 1. The first-order chi connectivity index (χ1) is 14.9. The lowest BCUT2D eigenvalue weighted by Gasteiger charge is -2.15. The fourth-order valence-corrected chi connectivity index (χ4v) is 3.90. The van der Waals surface area contributed by atoms with Crippen molar-refractivity contribution in [3.8, 4) is 22.8 Å². The first-order valence-electron chi connectivity index (χ1n) is 9.52. The number of pyridine rings is 1. The number of aryl methyl sites for hydroxylation is 1. The highest BCUT2D eigenvalue weighted by Crippen LogP contribution is 2.34. The molecular formula is C23H18BrFN2O4. The summed E-state index contributed by atoms with van der Waals surface area (Å²) < 4.78 is 20.7. The molecule has 158 valence electrons. The number of carbonyl (C=O) groups is 1. The van der Waals surface area contributed by atoms with Gasteiger partial charge < -0.3 is 14.7 Å². The normalized spacial score (nSPS) is 13.1. The Morgan fingerprint density at radius 3 is 2.71 bits per heavy atom. The van der Waals surface area contributed by atoms with E-state index in [1.807, 2.05) is 37.3 Å². The zero-order chi connectivity index (χ0) is 22.0. The summed E-state index contributed by atoms with van der Waals surface area (Å²) in [6, 6.07) is 14.3. The van der Waals surface area contributed by atoms with E-state index in [0.29, 0.717) is 23.5 Å². The lowest BCUT2D eigenvalue weighted by molar-refractivity contribution is -0.140. The van der Waals surface area contributed by atoms with Crippen LogP contribution < -0.4 is 4.74 Å². The molecule has 1 aliphatic rings. The fourth-order valence-electron chi connectivity index (χ4n) is 3.25. The van der Waals surface area contributed by atoms with Crippen molar-refractivity contribution in [2.45, 2.75) is 19.8 Å². The van der Waals surface area contributed by atoms with Gasteiger partial charge in [-0.15, -0.1) is 0 Å². The van der Waals surface area contributed by atoms with Crippen LogP contribution in [-0.4, -0.2) is 28.4 Å². The molecule has 31 heavy (non-hydrogen) atoms. The van der Waals surface area contributed by atoms with Gasteiger partial charge in [0.2, 0.25) is 0 Å². The summed E-state index contributed by atoms with van der Waals surface area (Å²) in [5.74, 6) is -0.867. The quantitative estimate of drug-likeness (QED) is 0.501. The van der Waals surface area contributed by atoms with E-state index in [9.17, 15) is 14.3 Å². The van der Waals surface area contributed by atoms with Crippen LogP contribution in [0.15, 0.2) is 58.2 Å². The van der Waals surface area contributed by atoms with E-state index in [1.54, 1.807) is 18.2 Å². The van der Waals surface area contributed by atoms with Crippen LogP contribution >= 0.6 is 15.9 Å². The molecule has 0 radical (unpaired) electrons. The number of aromatic hydroxyl groups is 1. The molecule has 0 amide bonds. The standard InChI is InChI=1S/C23H18BrFN2O4/c1-13-9-19(30-12-16-11-20(29)31-27-16)22(25)21(24)17(13)10-15-7-8-18(28)23(26-15)14-5-3-2-4-6-14/h2-9,28H,10-12H2,1H3. The average molecular weight is 485 g/mol. The van der Waals surface area contributed by atoms with Crippen LogP contribution in [0.5, 0.6) is 11.5 Å². The maximum atomic E-state index is 14.9. The molecular weight excluding hydrogens is 467 g/mol. The zero-order valence-electron chi connectivity index (χ0n) is 16.6. The zero-order valence-corrected chi connectivity index (χ0v) is 18.1. The first kappa shape index (κ1) is 21.0. The van der Waals surface area contributed by atoms with Crippen LogP contribution in [0.25, 0.3) is 11.3 Å². The molecule has 0 unspecified atom stereocenters. The van der Waals surface area contributed by atoms with E-state index in [1.165, 1.54) is 0 Å². The van der Waals surface area contributed by atoms with Crippen LogP contribution in [0.4, 0.5) is 4.39 Å². The number of rotatable bonds is 6. The molecule has 0 spiro atoms. The fraction of sp³-hybridized carbons (Fsp3) is 0.174. The SMILES string of the molecule is Cc1cc(OCC2=NOC(=O)C2)c(F)c(Br)c1Cc1ccc(O)c(-c2ccccc2)n1. The van der Waals surface area contributed by atoms with Gasteiger partial charge in [-0.1, -0.05) is 35.5 Å². The molecule has 0 fully saturated rings. The van der Waals surface area contributed by atoms with Crippen LogP contribution in [0.1, 0.15) is 23.2 Å². The summed E-state index contributed by atoms with van der Waals surface area (Å²) in [5.41, 5.74) is 3.89. The highest BCUT2D eigenvalue weighted by Gasteiger charge is 2.21. The molecule has 2 heterocycles. The second-order valence-corrected chi connectivity index (χ2v) is 7.89. The molecule has 0 aliphatic carbocycles. The van der Waals surface area contributed by atoms with Crippen LogP contribution in [-0.2, 0) is 16.1 Å². The van der Waals surface area contributed by atoms with Gasteiger partial charge >= 0.3 is 5.97 Å². The van der Waals surface area contributed by atoms with Crippen molar-refractivity contribution in [3.05, 3.63) is 75.6 Å². The minimum Gasteiger partial charge on any atom is -0.506 e. The first-order valence-corrected chi connectivity index (χ1v) is 10.3. The molecule has 1 aliphatic heterocycles. The minimum absolute atomic E-state index is 0.0339. The van der Waals surface area contributed by atoms with E-state index >= 15 is 0 Å². The van der Waals surface area contributed by atoms with Crippen molar-refractivity contribution in [1.82, 2.24) is 4.98 Å². The predicted octanol–water partition coefficient (Wildman–Crippen LogP) is 4.94. The molecule has 8 heteroatoms. The van der Waals surface area contributed by atoms with Gasteiger partial charge in [0, 0.05) is 17.7 Å². The smallest absolute Gasteiger partial charge is 0.340 e. The Labute approximate surface area is 186 Å². The van der Waals surface area contributed by atoms with Gasteiger partial charge in [-0.05, 0) is 52.2 Å². The Balaban J connectivity index is 1.58. The summed E-state index contributed by atoms with van der Waals surface area (Å²) in [5, 5.41) is 13.8. The van der Waals surface area contributed by atoms with E-state index < -0.39 is 11.8 Å². The molecule has 4 rings (SSSR count). The van der Waals surface area contributed by atoms with Crippen molar-refractivity contribution in [2.24, 2.45) is 5.16 Å². The van der Waals surface area contributed by atoms with Gasteiger partial charge in [0.1, 0.15) is 23.8 Å². The second-order valence-electron chi connectivity index (χ2n) is 7.10. The lowest BCUT2D eigenvalue weighted by atomic mass is 10.0. The van der Waals surface area contributed by atoms with Crippen molar-refractivity contribution >= 4 is 27.6 Å². The number of aromatic nitrogens is 1. The predicted molar refractivity (Wildman–Crippen MR) is 117 cm³/mol. The maximum Gasteiger partial charge on any atom is 0.340 e. The Hall–Kier alpha value is -3.26. The molecule has 0 saturated carbocycles. The van der Waals surface area contributed by atoms with Gasteiger partial charge in [0.05, 0.1) is 10.9 Å². The summed E-state index contributed by atoms with van der Waals surface area (Å²) in [7, 11) is 0. The van der Waals surface area contributed by atoms with Crippen molar-refractivity contribution < 1.29 is 23.9 Å². The Kier molecular flexibility index (Phi) is 5.99. The summed E-state index contributed by atoms with van der Waals surface area (Å²) in [4.78, 5) is 20.2. The van der Waals surface area contributed by atoms with Gasteiger partial charge in [-0.25, -0.2) is 14.2 Å².